The van der Waals surface area contributed by atoms with Crippen molar-refractivity contribution in [1.82, 2.24) is 0 Å². The fourth-order valence-corrected chi connectivity index (χ4v) is 5.41. The van der Waals surface area contributed by atoms with Crippen molar-refractivity contribution in [2.45, 2.75) is 26.7 Å². The first kappa shape index (κ1) is 22.9. The number of sulfonamides is 2. The van der Waals surface area contributed by atoms with Gasteiger partial charge >= 0.3 is 0 Å². The van der Waals surface area contributed by atoms with Crippen LogP contribution in [0.3, 0.4) is 0 Å². The van der Waals surface area contributed by atoms with Gasteiger partial charge in [-0.05, 0) is 36.4 Å². The molecule has 7 nitrogen and oxygen atoms in total. The molecule has 0 saturated heterocycles. The van der Waals surface area contributed by atoms with E-state index in [1.807, 2.05) is 36.4 Å². The van der Waals surface area contributed by atoms with Crippen LogP contribution in [0.5, 0.6) is 11.5 Å². The number of rotatable bonds is 10. The molecule has 0 spiro atoms. The molecule has 9 heteroatoms. The number of hydrogen-bond donors (Lipinski definition) is 2. The second-order valence-electron chi connectivity index (χ2n) is 7.13. The SMILES string of the molecule is CCCS(=O)(=O)Nc1ccc(NS(=O)(=O)CCC)c(Oc2cccc3ccccc23)c1. The van der Waals surface area contributed by atoms with Gasteiger partial charge in [0.1, 0.15) is 5.75 Å². The summed E-state index contributed by atoms with van der Waals surface area (Å²) in [6.07, 6.45) is 0.938. The molecule has 3 aromatic carbocycles. The molecule has 0 aliphatic carbocycles. The van der Waals surface area contributed by atoms with Crippen molar-refractivity contribution < 1.29 is 21.6 Å². The van der Waals surface area contributed by atoms with Crippen LogP contribution in [-0.2, 0) is 20.0 Å². The molecule has 0 radical (unpaired) electrons. The van der Waals surface area contributed by atoms with Crippen molar-refractivity contribution in [2.24, 2.45) is 0 Å². The van der Waals surface area contributed by atoms with Gasteiger partial charge in [0, 0.05) is 11.5 Å². The molecular formula is C22H26N2O5S2. The Hall–Kier alpha value is -2.78. The summed E-state index contributed by atoms with van der Waals surface area (Å²) in [6.45, 7) is 3.55. The molecule has 31 heavy (non-hydrogen) atoms. The quantitative estimate of drug-likeness (QED) is 0.445. The Bertz CT molecular complexity index is 1270. The number of benzene rings is 3. The molecule has 0 aliphatic heterocycles. The zero-order valence-corrected chi connectivity index (χ0v) is 19.1. The highest BCUT2D eigenvalue weighted by Gasteiger charge is 2.17. The van der Waals surface area contributed by atoms with Crippen LogP contribution >= 0.6 is 0 Å². The second kappa shape index (κ2) is 9.57. The number of hydrogen-bond acceptors (Lipinski definition) is 5. The summed E-state index contributed by atoms with van der Waals surface area (Å²) >= 11 is 0. The third-order valence-electron chi connectivity index (χ3n) is 4.44. The smallest absolute Gasteiger partial charge is 0.232 e. The summed E-state index contributed by atoms with van der Waals surface area (Å²) in [7, 11) is -7.08. The zero-order valence-electron chi connectivity index (χ0n) is 17.5. The summed E-state index contributed by atoms with van der Waals surface area (Å²) in [4.78, 5) is 0. The molecule has 0 fully saturated rings. The van der Waals surface area contributed by atoms with E-state index in [-0.39, 0.29) is 22.9 Å². The van der Waals surface area contributed by atoms with E-state index in [0.717, 1.165) is 10.8 Å². The van der Waals surface area contributed by atoms with E-state index in [4.69, 9.17) is 4.74 Å². The normalized spacial score (nSPS) is 11.9. The lowest BCUT2D eigenvalue weighted by molar-refractivity contribution is 0.490. The third kappa shape index (κ3) is 6.11. The van der Waals surface area contributed by atoms with Gasteiger partial charge in [0.25, 0.3) is 0 Å². The minimum atomic E-state index is -3.57. The Morgan fingerprint density at radius 3 is 2.10 bits per heavy atom. The van der Waals surface area contributed by atoms with Gasteiger partial charge in [-0.3, -0.25) is 9.44 Å². The maximum atomic E-state index is 12.3. The van der Waals surface area contributed by atoms with E-state index in [9.17, 15) is 16.8 Å². The van der Waals surface area contributed by atoms with Crippen LogP contribution in [0.15, 0.2) is 60.7 Å². The van der Waals surface area contributed by atoms with Gasteiger partial charge in [0.05, 0.1) is 22.9 Å². The molecule has 0 aromatic heterocycles. The predicted octanol–water partition coefficient (Wildman–Crippen LogP) is 4.94. The molecule has 0 aliphatic rings. The summed E-state index contributed by atoms with van der Waals surface area (Å²) in [5.41, 5.74) is 0.530. The van der Waals surface area contributed by atoms with Crippen molar-refractivity contribution in [1.29, 1.82) is 0 Å². The van der Waals surface area contributed by atoms with E-state index >= 15 is 0 Å². The van der Waals surface area contributed by atoms with Crippen molar-refractivity contribution in [3.8, 4) is 11.5 Å². The highest BCUT2D eigenvalue weighted by Crippen LogP contribution is 2.36. The Labute approximate surface area is 183 Å². The lowest BCUT2D eigenvalue weighted by Crippen LogP contribution is -2.18. The van der Waals surface area contributed by atoms with E-state index in [0.29, 0.717) is 24.3 Å². The first-order valence-electron chi connectivity index (χ1n) is 10.0. The predicted molar refractivity (Wildman–Crippen MR) is 126 cm³/mol. The van der Waals surface area contributed by atoms with Crippen molar-refractivity contribution in [2.75, 3.05) is 20.9 Å². The van der Waals surface area contributed by atoms with Crippen molar-refractivity contribution in [3.63, 3.8) is 0 Å². The van der Waals surface area contributed by atoms with Gasteiger partial charge in [-0.25, -0.2) is 16.8 Å². The molecule has 166 valence electrons. The number of ether oxygens (including phenoxy) is 1. The average Bonchev–Trinajstić information content (AvgIpc) is 2.69. The van der Waals surface area contributed by atoms with Crippen molar-refractivity contribution >= 4 is 42.2 Å². The van der Waals surface area contributed by atoms with E-state index in [2.05, 4.69) is 9.44 Å². The summed E-state index contributed by atoms with van der Waals surface area (Å²) in [5, 5.41) is 1.82. The molecule has 3 rings (SSSR count). The Balaban J connectivity index is 2.03. The summed E-state index contributed by atoms with van der Waals surface area (Å²) in [5.74, 6) is 0.679. The van der Waals surface area contributed by atoms with Gasteiger partial charge in [-0.2, -0.15) is 0 Å². The minimum absolute atomic E-state index is 0.0165. The minimum Gasteiger partial charge on any atom is -0.454 e. The molecule has 0 atom stereocenters. The van der Waals surface area contributed by atoms with Crippen LogP contribution in [0, 0.1) is 0 Å². The standard InChI is InChI=1S/C22H26N2O5S2/c1-3-14-30(25,26)23-18-12-13-20(24-31(27,28)15-4-2)22(16-18)29-21-11-7-9-17-8-5-6-10-19(17)21/h5-13,16,23-24H,3-4,14-15H2,1-2H3. The number of fused-ring (bicyclic) bond motifs is 1. The Morgan fingerprint density at radius 1 is 0.742 bits per heavy atom. The monoisotopic (exact) mass is 462 g/mol. The van der Waals surface area contributed by atoms with Crippen LogP contribution < -0.4 is 14.2 Å². The fraction of sp³-hybridized carbons (Fsp3) is 0.273. The lowest BCUT2D eigenvalue weighted by Gasteiger charge is -2.16. The van der Waals surface area contributed by atoms with Crippen LogP contribution in [0.1, 0.15) is 26.7 Å². The van der Waals surface area contributed by atoms with E-state index in [1.54, 1.807) is 19.9 Å². The average molecular weight is 463 g/mol. The van der Waals surface area contributed by atoms with Crippen LogP contribution in [-0.4, -0.2) is 28.3 Å². The molecule has 0 amide bonds. The molecule has 0 bridgehead atoms. The molecule has 0 heterocycles. The van der Waals surface area contributed by atoms with Gasteiger partial charge in [0.15, 0.2) is 5.75 Å². The zero-order chi connectivity index (χ0) is 22.5. The Morgan fingerprint density at radius 2 is 1.39 bits per heavy atom. The van der Waals surface area contributed by atoms with Crippen molar-refractivity contribution in [3.05, 3.63) is 60.7 Å². The Kier molecular flexibility index (Phi) is 7.07. The highest BCUT2D eigenvalue weighted by atomic mass is 32.2. The van der Waals surface area contributed by atoms with Crippen LogP contribution in [0.4, 0.5) is 11.4 Å². The van der Waals surface area contributed by atoms with E-state index in [1.165, 1.54) is 18.2 Å². The molecule has 3 aromatic rings. The third-order valence-corrected chi connectivity index (χ3v) is 7.40. The first-order valence-corrected chi connectivity index (χ1v) is 13.3. The van der Waals surface area contributed by atoms with Crippen LogP contribution in [0.25, 0.3) is 10.8 Å². The largest absolute Gasteiger partial charge is 0.454 e. The summed E-state index contributed by atoms with van der Waals surface area (Å²) in [6, 6.07) is 17.7. The second-order valence-corrected chi connectivity index (χ2v) is 10.8. The van der Waals surface area contributed by atoms with Gasteiger partial charge < -0.3 is 4.74 Å². The molecule has 0 saturated carbocycles. The number of nitrogens with one attached hydrogen (secondary N) is 2. The van der Waals surface area contributed by atoms with Crippen LogP contribution in [0.2, 0.25) is 0 Å². The summed E-state index contributed by atoms with van der Waals surface area (Å²) < 4.78 is 60.2. The highest BCUT2D eigenvalue weighted by molar-refractivity contribution is 7.93. The molecule has 0 unspecified atom stereocenters. The maximum absolute atomic E-state index is 12.3. The van der Waals surface area contributed by atoms with Gasteiger partial charge in [-0.15, -0.1) is 0 Å². The van der Waals surface area contributed by atoms with E-state index < -0.39 is 20.0 Å². The molecule has 2 N–H and O–H groups in total. The molecular weight excluding hydrogens is 436 g/mol. The van der Waals surface area contributed by atoms with Gasteiger partial charge in [-0.1, -0.05) is 50.2 Å². The topological polar surface area (TPSA) is 102 Å². The van der Waals surface area contributed by atoms with Gasteiger partial charge in [0.2, 0.25) is 20.0 Å². The lowest BCUT2D eigenvalue weighted by atomic mass is 10.1. The maximum Gasteiger partial charge on any atom is 0.232 e. The number of anilines is 2. The first-order chi connectivity index (χ1) is 14.7. The fourth-order valence-electron chi connectivity index (χ4n) is 3.14.